The van der Waals surface area contributed by atoms with Gasteiger partial charge in [0.2, 0.25) is 0 Å². The third kappa shape index (κ3) is 1.48. The molecule has 0 amide bonds. The molecule has 54 valence electrons. The molecule has 0 spiro atoms. The van der Waals surface area contributed by atoms with Crippen molar-refractivity contribution in [1.82, 2.24) is 9.55 Å². The second-order valence-corrected chi connectivity index (χ2v) is 2.81. The molecule has 0 unspecified atom stereocenters. The van der Waals surface area contributed by atoms with Gasteiger partial charge in [-0.15, -0.1) is 6.58 Å². The zero-order valence-electron chi connectivity index (χ0n) is 5.84. The van der Waals surface area contributed by atoms with Crippen LogP contribution in [-0.2, 0) is 13.5 Å². The quantitative estimate of drug-likeness (QED) is 0.668. The lowest BCUT2D eigenvalue weighted by atomic mass is 10.3. The maximum atomic E-state index is 4.21. The Bertz CT molecular complexity index is 220. The number of aromatic nitrogens is 2. The number of allylic oxidation sites excluding steroid dienone is 1. The SMILES string of the molecule is C=CCc1cn(C)c(Br)n1. The van der Waals surface area contributed by atoms with Gasteiger partial charge in [0.05, 0.1) is 5.69 Å². The molecule has 0 N–H and O–H groups in total. The van der Waals surface area contributed by atoms with E-state index in [1.807, 2.05) is 23.9 Å². The summed E-state index contributed by atoms with van der Waals surface area (Å²) in [6.07, 6.45) is 4.65. The first-order valence-electron chi connectivity index (χ1n) is 3.02. The molecule has 0 aromatic carbocycles. The first-order chi connectivity index (χ1) is 4.74. The third-order valence-electron chi connectivity index (χ3n) is 1.22. The summed E-state index contributed by atoms with van der Waals surface area (Å²) in [5.74, 6) is 0. The zero-order chi connectivity index (χ0) is 7.56. The van der Waals surface area contributed by atoms with Crippen LogP contribution in [0.1, 0.15) is 5.69 Å². The van der Waals surface area contributed by atoms with Gasteiger partial charge >= 0.3 is 0 Å². The first kappa shape index (κ1) is 7.54. The summed E-state index contributed by atoms with van der Waals surface area (Å²) < 4.78 is 2.79. The van der Waals surface area contributed by atoms with E-state index in [-0.39, 0.29) is 0 Å². The van der Waals surface area contributed by atoms with E-state index in [0.717, 1.165) is 16.8 Å². The topological polar surface area (TPSA) is 17.8 Å². The van der Waals surface area contributed by atoms with Gasteiger partial charge in [-0.05, 0) is 15.9 Å². The smallest absolute Gasteiger partial charge is 0.177 e. The molecule has 0 fully saturated rings. The van der Waals surface area contributed by atoms with Gasteiger partial charge in [-0.2, -0.15) is 0 Å². The van der Waals surface area contributed by atoms with Crippen LogP contribution in [0.15, 0.2) is 23.6 Å². The summed E-state index contributed by atoms with van der Waals surface area (Å²) in [5, 5.41) is 0. The van der Waals surface area contributed by atoms with Crippen molar-refractivity contribution in [3.05, 3.63) is 29.3 Å². The summed E-state index contributed by atoms with van der Waals surface area (Å²) in [6, 6.07) is 0. The number of halogens is 1. The van der Waals surface area contributed by atoms with E-state index >= 15 is 0 Å². The van der Waals surface area contributed by atoms with E-state index in [0.29, 0.717) is 0 Å². The molecule has 0 radical (unpaired) electrons. The van der Waals surface area contributed by atoms with Gasteiger partial charge < -0.3 is 4.57 Å². The fraction of sp³-hybridized carbons (Fsp3) is 0.286. The minimum absolute atomic E-state index is 0.833. The van der Waals surface area contributed by atoms with E-state index in [1.165, 1.54) is 0 Å². The Morgan fingerprint density at radius 2 is 2.60 bits per heavy atom. The molecule has 1 rings (SSSR count). The molecule has 0 atom stereocenters. The first-order valence-corrected chi connectivity index (χ1v) is 3.82. The van der Waals surface area contributed by atoms with Crippen molar-refractivity contribution in [2.75, 3.05) is 0 Å². The Kier molecular flexibility index (Phi) is 2.27. The fourth-order valence-electron chi connectivity index (χ4n) is 0.749. The molecular formula is C7H9BrN2. The highest BCUT2D eigenvalue weighted by Gasteiger charge is 1.98. The number of imidazole rings is 1. The standard InChI is InChI=1S/C7H9BrN2/c1-3-4-6-5-10(2)7(8)9-6/h3,5H,1,4H2,2H3. The van der Waals surface area contributed by atoms with Crippen LogP contribution < -0.4 is 0 Å². The number of hydrogen-bond donors (Lipinski definition) is 0. The largest absolute Gasteiger partial charge is 0.328 e. The number of rotatable bonds is 2. The molecule has 0 saturated heterocycles. The molecular weight excluding hydrogens is 192 g/mol. The van der Waals surface area contributed by atoms with Crippen LogP contribution in [0.25, 0.3) is 0 Å². The van der Waals surface area contributed by atoms with Gasteiger partial charge in [-0.25, -0.2) is 4.98 Å². The molecule has 10 heavy (non-hydrogen) atoms. The molecule has 0 aliphatic rings. The van der Waals surface area contributed by atoms with E-state index in [2.05, 4.69) is 27.5 Å². The summed E-state index contributed by atoms with van der Waals surface area (Å²) in [7, 11) is 1.95. The molecule has 2 nitrogen and oxygen atoms in total. The third-order valence-corrected chi connectivity index (χ3v) is 1.96. The molecule has 1 aromatic rings. The van der Waals surface area contributed by atoms with Gasteiger partial charge in [0.15, 0.2) is 4.73 Å². The molecule has 1 heterocycles. The average Bonchev–Trinajstić information content (AvgIpc) is 2.14. The molecule has 0 aliphatic heterocycles. The Hall–Kier alpha value is -0.570. The normalized spacial score (nSPS) is 9.80. The maximum absolute atomic E-state index is 4.21. The molecule has 3 heteroatoms. The van der Waals surface area contributed by atoms with Crippen LogP contribution in [0.2, 0.25) is 0 Å². The lowest BCUT2D eigenvalue weighted by Gasteiger charge is -1.85. The second kappa shape index (κ2) is 3.01. The predicted molar refractivity (Wildman–Crippen MR) is 44.8 cm³/mol. The predicted octanol–water partition coefficient (Wildman–Crippen LogP) is 1.91. The Morgan fingerprint density at radius 3 is 3.00 bits per heavy atom. The van der Waals surface area contributed by atoms with Crippen LogP contribution in [0, 0.1) is 0 Å². The molecule has 0 bridgehead atoms. The van der Waals surface area contributed by atoms with Crippen molar-refractivity contribution in [3.63, 3.8) is 0 Å². The van der Waals surface area contributed by atoms with Gasteiger partial charge in [-0.3, -0.25) is 0 Å². The van der Waals surface area contributed by atoms with Crippen molar-refractivity contribution in [2.24, 2.45) is 7.05 Å². The molecule has 1 aromatic heterocycles. The van der Waals surface area contributed by atoms with Crippen molar-refractivity contribution in [1.29, 1.82) is 0 Å². The average molecular weight is 201 g/mol. The van der Waals surface area contributed by atoms with Crippen molar-refractivity contribution in [3.8, 4) is 0 Å². The van der Waals surface area contributed by atoms with E-state index < -0.39 is 0 Å². The minimum Gasteiger partial charge on any atom is -0.328 e. The Balaban J connectivity index is 2.86. The Morgan fingerprint density at radius 1 is 1.90 bits per heavy atom. The monoisotopic (exact) mass is 200 g/mol. The van der Waals surface area contributed by atoms with E-state index in [1.54, 1.807) is 0 Å². The summed E-state index contributed by atoms with van der Waals surface area (Å²) in [5.41, 5.74) is 1.05. The minimum atomic E-state index is 0.833. The van der Waals surface area contributed by atoms with Gasteiger partial charge in [0.1, 0.15) is 0 Å². The van der Waals surface area contributed by atoms with Crippen LogP contribution >= 0.6 is 15.9 Å². The van der Waals surface area contributed by atoms with E-state index in [4.69, 9.17) is 0 Å². The van der Waals surface area contributed by atoms with Crippen molar-refractivity contribution >= 4 is 15.9 Å². The lowest BCUT2D eigenvalue weighted by molar-refractivity contribution is 0.881. The summed E-state index contributed by atoms with van der Waals surface area (Å²) in [6.45, 7) is 3.63. The highest BCUT2D eigenvalue weighted by atomic mass is 79.9. The van der Waals surface area contributed by atoms with Crippen LogP contribution in [-0.4, -0.2) is 9.55 Å². The summed E-state index contributed by atoms with van der Waals surface area (Å²) >= 11 is 3.30. The highest BCUT2D eigenvalue weighted by molar-refractivity contribution is 9.10. The van der Waals surface area contributed by atoms with Gasteiger partial charge in [-0.1, -0.05) is 6.08 Å². The van der Waals surface area contributed by atoms with Gasteiger partial charge in [0, 0.05) is 19.7 Å². The van der Waals surface area contributed by atoms with Gasteiger partial charge in [0.25, 0.3) is 0 Å². The highest BCUT2D eigenvalue weighted by Crippen LogP contribution is 2.08. The van der Waals surface area contributed by atoms with Crippen LogP contribution in [0.5, 0.6) is 0 Å². The molecule has 0 aliphatic carbocycles. The lowest BCUT2D eigenvalue weighted by Crippen LogP contribution is -1.82. The summed E-state index contributed by atoms with van der Waals surface area (Å²) in [4.78, 5) is 4.21. The number of hydrogen-bond acceptors (Lipinski definition) is 1. The fourth-order valence-corrected chi connectivity index (χ4v) is 1.08. The second-order valence-electron chi connectivity index (χ2n) is 2.10. The van der Waals surface area contributed by atoms with Crippen molar-refractivity contribution < 1.29 is 0 Å². The van der Waals surface area contributed by atoms with Crippen LogP contribution in [0.3, 0.4) is 0 Å². The van der Waals surface area contributed by atoms with Crippen LogP contribution in [0.4, 0.5) is 0 Å². The van der Waals surface area contributed by atoms with E-state index in [9.17, 15) is 0 Å². The zero-order valence-corrected chi connectivity index (χ0v) is 7.43. The number of aryl methyl sites for hydroxylation is 1. The number of nitrogens with zero attached hydrogens (tertiary/aromatic N) is 2. The maximum Gasteiger partial charge on any atom is 0.177 e. The van der Waals surface area contributed by atoms with Crippen molar-refractivity contribution in [2.45, 2.75) is 6.42 Å². The molecule has 0 saturated carbocycles. The Labute approximate surface area is 68.7 Å².